The maximum Gasteiger partial charge on any atom is 0.172 e. The van der Waals surface area contributed by atoms with Crippen molar-refractivity contribution in [3.05, 3.63) is 53.9 Å². The molecule has 4 rings (SSSR count). The zero-order chi connectivity index (χ0) is 20.9. The fourth-order valence-corrected chi connectivity index (χ4v) is 5.88. The predicted molar refractivity (Wildman–Crippen MR) is 125 cm³/mol. The number of rotatable bonds is 6. The molecule has 1 nitrogen and oxygen atoms in total. The van der Waals surface area contributed by atoms with Gasteiger partial charge in [-0.25, -0.2) is 4.39 Å². The van der Waals surface area contributed by atoms with E-state index >= 15 is 0 Å². The van der Waals surface area contributed by atoms with Gasteiger partial charge in [-0.05, 0) is 86.1 Å². The third kappa shape index (κ3) is 4.74. The van der Waals surface area contributed by atoms with Gasteiger partial charge >= 0.3 is 0 Å². The topological polar surface area (TPSA) is 9.23 Å². The summed E-state index contributed by atoms with van der Waals surface area (Å²) < 4.78 is 20.4. The van der Waals surface area contributed by atoms with Crippen LogP contribution >= 0.6 is 0 Å². The molecule has 2 heteroatoms. The Morgan fingerprint density at radius 1 is 0.933 bits per heavy atom. The molecule has 2 aliphatic carbocycles. The number of halogens is 1. The summed E-state index contributed by atoms with van der Waals surface area (Å²) in [6.07, 6.45) is 16.3. The first-order valence-corrected chi connectivity index (χ1v) is 12.2. The van der Waals surface area contributed by atoms with Crippen molar-refractivity contribution >= 4 is 10.8 Å². The van der Waals surface area contributed by atoms with Gasteiger partial charge in [-0.2, -0.15) is 0 Å². The second-order valence-corrected chi connectivity index (χ2v) is 9.54. The van der Waals surface area contributed by atoms with Gasteiger partial charge in [0.05, 0.1) is 0 Å². The molecule has 0 radical (unpaired) electrons. The van der Waals surface area contributed by atoms with Crippen LogP contribution in [0.1, 0.15) is 83.1 Å². The number of allylic oxidation sites excluding steroid dienone is 1. The Labute approximate surface area is 181 Å². The number of hydrogen-bond acceptors (Lipinski definition) is 1. The van der Waals surface area contributed by atoms with Crippen molar-refractivity contribution in [3.63, 3.8) is 0 Å². The molecule has 2 fully saturated rings. The monoisotopic (exact) mass is 408 g/mol. The Hall–Kier alpha value is -1.83. The fraction of sp³-hybridized carbons (Fsp3) is 0.571. The van der Waals surface area contributed by atoms with E-state index < -0.39 is 0 Å². The summed E-state index contributed by atoms with van der Waals surface area (Å²) in [5, 5.41) is 1.65. The van der Waals surface area contributed by atoms with Gasteiger partial charge in [-0.15, -0.1) is 0 Å². The molecule has 0 bridgehead atoms. The van der Waals surface area contributed by atoms with Crippen molar-refractivity contribution in [1.82, 2.24) is 0 Å². The van der Waals surface area contributed by atoms with Crippen molar-refractivity contribution in [2.24, 2.45) is 17.8 Å². The van der Waals surface area contributed by atoms with Crippen molar-refractivity contribution < 1.29 is 9.13 Å². The van der Waals surface area contributed by atoms with E-state index in [1.54, 1.807) is 6.07 Å². The molecule has 0 saturated heterocycles. The lowest BCUT2D eigenvalue weighted by Gasteiger charge is -2.38. The summed E-state index contributed by atoms with van der Waals surface area (Å²) in [4.78, 5) is 0. The lowest BCUT2D eigenvalue weighted by atomic mass is 9.68. The highest BCUT2D eigenvalue weighted by atomic mass is 19.1. The normalized spacial score (nSPS) is 27.6. The summed E-state index contributed by atoms with van der Waals surface area (Å²) in [5.74, 6) is 3.63. The van der Waals surface area contributed by atoms with Crippen LogP contribution in [0.15, 0.2) is 42.5 Å². The van der Waals surface area contributed by atoms with Crippen LogP contribution in [-0.2, 0) is 0 Å². The Balaban J connectivity index is 1.39. The first-order chi connectivity index (χ1) is 14.7. The van der Waals surface area contributed by atoms with E-state index in [1.807, 2.05) is 31.2 Å². The highest BCUT2D eigenvalue weighted by Gasteiger charge is 2.31. The van der Waals surface area contributed by atoms with Gasteiger partial charge in [0.1, 0.15) is 6.61 Å². The molecule has 0 amide bonds. The standard InChI is InChI=1S/C28H37FO/c1-3-5-18-30-27-17-15-25-19-24(14-16-26(25)28(27)29)23-12-10-22(11-13-23)21-8-6-20(4-2)7-9-21/h3,5,14-17,19-23H,4,6-13,18H2,1-2H3. The van der Waals surface area contributed by atoms with Gasteiger partial charge in [0.15, 0.2) is 11.6 Å². The third-order valence-corrected chi connectivity index (χ3v) is 7.89. The van der Waals surface area contributed by atoms with Gasteiger partial charge < -0.3 is 4.74 Å². The zero-order valence-electron chi connectivity index (χ0n) is 18.7. The van der Waals surface area contributed by atoms with Gasteiger partial charge in [-0.1, -0.05) is 62.6 Å². The smallest absolute Gasteiger partial charge is 0.172 e. The molecule has 0 atom stereocenters. The van der Waals surface area contributed by atoms with E-state index in [1.165, 1.54) is 63.4 Å². The highest BCUT2D eigenvalue weighted by molar-refractivity contribution is 5.85. The molecular weight excluding hydrogens is 371 g/mol. The minimum Gasteiger partial charge on any atom is -0.486 e. The Kier molecular flexibility index (Phi) is 7.12. The maximum absolute atomic E-state index is 14.8. The molecule has 2 aromatic rings. The van der Waals surface area contributed by atoms with Gasteiger partial charge in [0.2, 0.25) is 0 Å². The average Bonchev–Trinajstić information content (AvgIpc) is 2.81. The summed E-state index contributed by atoms with van der Waals surface area (Å²) in [6, 6.07) is 10.1. The molecule has 30 heavy (non-hydrogen) atoms. The predicted octanol–water partition coefficient (Wildman–Crippen LogP) is 8.42. The highest BCUT2D eigenvalue weighted by Crippen LogP contribution is 2.44. The molecule has 0 spiro atoms. The molecule has 2 aromatic carbocycles. The zero-order valence-corrected chi connectivity index (χ0v) is 18.7. The van der Waals surface area contributed by atoms with Crippen molar-refractivity contribution in [1.29, 1.82) is 0 Å². The summed E-state index contributed by atoms with van der Waals surface area (Å²) >= 11 is 0. The van der Waals surface area contributed by atoms with Gasteiger partial charge in [0, 0.05) is 5.39 Å². The van der Waals surface area contributed by atoms with E-state index in [0.29, 0.717) is 23.7 Å². The first-order valence-electron chi connectivity index (χ1n) is 12.2. The number of hydrogen-bond donors (Lipinski definition) is 0. The maximum atomic E-state index is 14.8. The van der Waals surface area contributed by atoms with Crippen LogP contribution in [-0.4, -0.2) is 6.61 Å². The number of ether oxygens (including phenoxy) is 1. The summed E-state index contributed by atoms with van der Waals surface area (Å²) in [6.45, 7) is 4.69. The van der Waals surface area contributed by atoms with Crippen molar-refractivity contribution in [3.8, 4) is 5.75 Å². The molecule has 162 valence electrons. The molecule has 0 aromatic heterocycles. The van der Waals surface area contributed by atoms with Crippen LogP contribution in [0.5, 0.6) is 5.75 Å². The van der Waals surface area contributed by atoms with E-state index in [0.717, 1.165) is 23.1 Å². The van der Waals surface area contributed by atoms with Gasteiger partial charge in [-0.3, -0.25) is 0 Å². The summed E-state index contributed by atoms with van der Waals surface area (Å²) in [7, 11) is 0. The first kappa shape index (κ1) is 21.4. The molecule has 2 saturated carbocycles. The van der Waals surface area contributed by atoms with Crippen LogP contribution in [0.25, 0.3) is 10.8 Å². The summed E-state index contributed by atoms with van der Waals surface area (Å²) in [5.41, 5.74) is 1.39. The molecule has 0 heterocycles. The van der Waals surface area contributed by atoms with Gasteiger partial charge in [0.25, 0.3) is 0 Å². The number of benzene rings is 2. The van der Waals surface area contributed by atoms with E-state index in [4.69, 9.17) is 4.74 Å². The van der Waals surface area contributed by atoms with Crippen LogP contribution in [0, 0.1) is 23.6 Å². The second-order valence-electron chi connectivity index (χ2n) is 9.54. The molecule has 2 aliphatic rings. The van der Waals surface area contributed by atoms with Crippen molar-refractivity contribution in [2.75, 3.05) is 6.61 Å². The minimum atomic E-state index is -0.241. The molecule has 0 N–H and O–H groups in total. The van der Waals surface area contributed by atoms with Crippen LogP contribution in [0.2, 0.25) is 0 Å². The molecule has 0 unspecified atom stereocenters. The lowest BCUT2D eigenvalue weighted by Crippen LogP contribution is -2.25. The van der Waals surface area contributed by atoms with Crippen LogP contribution in [0.4, 0.5) is 4.39 Å². The van der Waals surface area contributed by atoms with Crippen LogP contribution in [0.3, 0.4) is 0 Å². The minimum absolute atomic E-state index is 0.241. The quantitative estimate of drug-likeness (QED) is 0.436. The fourth-order valence-electron chi connectivity index (χ4n) is 5.88. The van der Waals surface area contributed by atoms with E-state index in [-0.39, 0.29) is 5.82 Å². The van der Waals surface area contributed by atoms with Crippen LogP contribution < -0.4 is 4.74 Å². The molecular formula is C28H37FO. The van der Waals surface area contributed by atoms with E-state index in [9.17, 15) is 4.39 Å². The van der Waals surface area contributed by atoms with E-state index in [2.05, 4.69) is 19.1 Å². The largest absolute Gasteiger partial charge is 0.486 e. The Morgan fingerprint density at radius 2 is 1.63 bits per heavy atom. The number of fused-ring (bicyclic) bond motifs is 1. The molecule has 0 aliphatic heterocycles. The Bertz CT molecular complexity index is 854. The van der Waals surface area contributed by atoms with Crippen molar-refractivity contribution in [2.45, 2.75) is 77.6 Å². The Morgan fingerprint density at radius 3 is 2.30 bits per heavy atom. The SMILES string of the molecule is CC=CCOc1ccc2cc(C3CCC(C4CCC(CC)CC4)CC3)ccc2c1F. The lowest BCUT2D eigenvalue weighted by molar-refractivity contribution is 0.158. The second kappa shape index (κ2) is 9.98. The third-order valence-electron chi connectivity index (χ3n) is 7.89. The average molecular weight is 409 g/mol.